The summed E-state index contributed by atoms with van der Waals surface area (Å²) >= 11 is 7.69. The summed E-state index contributed by atoms with van der Waals surface area (Å²) in [5.41, 5.74) is 0.645. The smallest absolute Gasteiger partial charge is 0.172 e. The van der Waals surface area contributed by atoms with Gasteiger partial charge in [-0.2, -0.15) is 11.8 Å². The average Bonchev–Trinajstić information content (AvgIpc) is 2.47. The maximum absolute atomic E-state index is 12.0. The number of ketones is 1. The number of halogens is 1. The Morgan fingerprint density at radius 2 is 2.05 bits per heavy atom. The lowest BCUT2D eigenvalue weighted by atomic mass is 10.1. The number of benzene rings is 1. The summed E-state index contributed by atoms with van der Waals surface area (Å²) in [5, 5.41) is 0.478. The molecule has 0 spiro atoms. The van der Waals surface area contributed by atoms with E-state index in [1.54, 1.807) is 37.1 Å². The second kappa shape index (κ2) is 9.27. The number of rotatable bonds is 9. The Morgan fingerprint density at radius 3 is 2.60 bits per heavy atom. The van der Waals surface area contributed by atoms with Crippen LogP contribution in [0.2, 0.25) is 5.02 Å². The highest BCUT2D eigenvalue weighted by Gasteiger charge is 2.09. The SMILES string of the molecule is CCN(CC)CCSCC(=O)c1ccc(OC)c(Cl)c1. The van der Waals surface area contributed by atoms with Crippen molar-refractivity contribution in [1.82, 2.24) is 4.90 Å². The zero-order chi connectivity index (χ0) is 15.0. The first kappa shape index (κ1) is 17.3. The van der Waals surface area contributed by atoms with Crippen LogP contribution < -0.4 is 4.74 Å². The van der Waals surface area contributed by atoms with Crippen LogP contribution in [0.5, 0.6) is 5.75 Å². The Hall–Kier alpha value is -0.710. The number of methoxy groups -OCH3 is 1. The van der Waals surface area contributed by atoms with Gasteiger partial charge in [-0.05, 0) is 31.3 Å². The molecule has 1 rings (SSSR count). The Morgan fingerprint density at radius 1 is 1.35 bits per heavy atom. The highest BCUT2D eigenvalue weighted by atomic mass is 35.5. The van der Waals surface area contributed by atoms with E-state index < -0.39 is 0 Å². The Bertz CT molecular complexity index is 436. The van der Waals surface area contributed by atoms with Gasteiger partial charge in [0.25, 0.3) is 0 Å². The molecule has 0 aliphatic rings. The molecule has 20 heavy (non-hydrogen) atoms. The molecule has 5 heteroatoms. The molecule has 0 radical (unpaired) electrons. The summed E-state index contributed by atoms with van der Waals surface area (Å²) in [5.74, 6) is 2.16. The lowest BCUT2D eigenvalue weighted by molar-refractivity contribution is 0.102. The van der Waals surface area contributed by atoms with Crippen LogP contribution in [0.25, 0.3) is 0 Å². The molecule has 0 unspecified atom stereocenters. The van der Waals surface area contributed by atoms with Crippen molar-refractivity contribution in [1.29, 1.82) is 0 Å². The van der Waals surface area contributed by atoms with Crippen LogP contribution in [-0.4, -0.2) is 48.9 Å². The molecule has 0 saturated carbocycles. The predicted octanol–water partition coefficient (Wildman–Crippen LogP) is 3.61. The molecular weight excluding hydrogens is 294 g/mol. The lowest BCUT2D eigenvalue weighted by Crippen LogP contribution is -2.25. The number of Topliss-reactive ketones (excluding diaryl/α,β-unsaturated/α-hetero) is 1. The molecule has 0 heterocycles. The van der Waals surface area contributed by atoms with Crippen LogP contribution in [0.3, 0.4) is 0 Å². The van der Waals surface area contributed by atoms with Gasteiger partial charge in [-0.3, -0.25) is 4.79 Å². The van der Waals surface area contributed by atoms with Gasteiger partial charge in [0.2, 0.25) is 0 Å². The number of ether oxygens (including phenoxy) is 1. The van der Waals surface area contributed by atoms with E-state index in [0.29, 0.717) is 22.1 Å². The van der Waals surface area contributed by atoms with Crippen LogP contribution in [0.4, 0.5) is 0 Å². The Kier molecular flexibility index (Phi) is 8.04. The van der Waals surface area contributed by atoms with Crippen LogP contribution >= 0.6 is 23.4 Å². The van der Waals surface area contributed by atoms with Crippen molar-refractivity contribution in [3.63, 3.8) is 0 Å². The monoisotopic (exact) mass is 315 g/mol. The van der Waals surface area contributed by atoms with E-state index in [9.17, 15) is 4.79 Å². The highest BCUT2D eigenvalue weighted by Crippen LogP contribution is 2.25. The van der Waals surface area contributed by atoms with Gasteiger partial charge < -0.3 is 9.64 Å². The van der Waals surface area contributed by atoms with Gasteiger partial charge in [0.15, 0.2) is 5.78 Å². The summed E-state index contributed by atoms with van der Waals surface area (Å²) in [6, 6.07) is 5.17. The van der Waals surface area contributed by atoms with E-state index in [2.05, 4.69) is 18.7 Å². The van der Waals surface area contributed by atoms with E-state index in [1.807, 2.05) is 0 Å². The van der Waals surface area contributed by atoms with Crippen molar-refractivity contribution in [2.24, 2.45) is 0 Å². The van der Waals surface area contributed by atoms with Gasteiger partial charge >= 0.3 is 0 Å². The fourth-order valence-corrected chi connectivity index (χ4v) is 2.96. The molecule has 1 aromatic rings. The van der Waals surface area contributed by atoms with Crippen molar-refractivity contribution in [2.45, 2.75) is 13.8 Å². The molecule has 1 aromatic carbocycles. The zero-order valence-electron chi connectivity index (χ0n) is 12.3. The van der Waals surface area contributed by atoms with Crippen LogP contribution in [-0.2, 0) is 0 Å². The van der Waals surface area contributed by atoms with E-state index in [0.717, 1.165) is 25.4 Å². The van der Waals surface area contributed by atoms with Crippen molar-refractivity contribution in [2.75, 3.05) is 38.2 Å². The predicted molar refractivity (Wildman–Crippen MR) is 87.4 cm³/mol. The van der Waals surface area contributed by atoms with Crippen molar-refractivity contribution in [3.05, 3.63) is 28.8 Å². The Balaban J connectivity index is 2.41. The third kappa shape index (κ3) is 5.35. The molecular formula is C15H22ClNO2S. The lowest BCUT2D eigenvalue weighted by Gasteiger charge is -2.17. The molecule has 0 fully saturated rings. The molecule has 0 N–H and O–H groups in total. The minimum Gasteiger partial charge on any atom is -0.495 e. The number of thioether (sulfide) groups is 1. The molecule has 0 amide bonds. The Labute approximate surface area is 130 Å². The number of hydrogen-bond donors (Lipinski definition) is 0. The first-order chi connectivity index (χ1) is 9.62. The van der Waals surface area contributed by atoms with Gasteiger partial charge in [-0.25, -0.2) is 0 Å². The highest BCUT2D eigenvalue weighted by molar-refractivity contribution is 8.00. The van der Waals surface area contributed by atoms with E-state index >= 15 is 0 Å². The molecule has 3 nitrogen and oxygen atoms in total. The summed E-state index contributed by atoms with van der Waals surface area (Å²) < 4.78 is 5.08. The van der Waals surface area contributed by atoms with Gasteiger partial charge in [-0.1, -0.05) is 25.4 Å². The van der Waals surface area contributed by atoms with Gasteiger partial charge in [0, 0.05) is 17.9 Å². The standard InChI is InChI=1S/C15H22ClNO2S/c1-4-17(5-2)8-9-20-11-14(18)12-6-7-15(19-3)13(16)10-12/h6-7,10H,4-5,8-9,11H2,1-3H3. The normalized spacial score (nSPS) is 10.8. The summed E-state index contributed by atoms with van der Waals surface area (Å²) in [6.07, 6.45) is 0. The molecule has 0 aliphatic carbocycles. The second-order valence-corrected chi connectivity index (χ2v) is 5.86. The van der Waals surface area contributed by atoms with Gasteiger partial charge in [0.1, 0.15) is 5.75 Å². The summed E-state index contributed by atoms with van der Waals surface area (Å²) in [7, 11) is 1.56. The molecule has 0 atom stereocenters. The number of carbonyl (C=O) groups excluding carboxylic acids is 1. The fourth-order valence-electron chi connectivity index (χ4n) is 1.82. The summed E-state index contributed by atoms with van der Waals surface area (Å²) in [4.78, 5) is 14.4. The van der Waals surface area contributed by atoms with Gasteiger partial charge in [0.05, 0.1) is 17.9 Å². The van der Waals surface area contributed by atoms with Crippen molar-refractivity contribution >= 4 is 29.1 Å². The van der Waals surface area contributed by atoms with Crippen LogP contribution in [0, 0.1) is 0 Å². The first-order valence-corrected chi connectivity index (χ1v) is 8.32. The molecule has 112 valence electrons. The van der Waals surface area contributed by atoms with E-state index in [-0.39, 0.29) is 5.78 Å². The minimum absolute atomic E-state index is 0.110. The maximum atomic E-state index is 12.0. The number of hydrogen-bond acceptors (Lipinski definition) is 4. The minimum atomic E-state index is 0.110. The average molecular weight is 316 g/mol. The quantitative estimate of drug-likeness (QED) is 0.514. The molecule has 0 saturated heterocycles. The zero-order valence-corrected chi connectivity index (χ0v) is 13.9. The largest absolute Gasteiger partial charge is 0.495 e. The second-order valence-electron chi connectivity index (χ2n) is 4.35. The van der Waals surface area contributed by atoms with Crippen LogP contribution in [0.1, 0.15) is 24.2 Å². The van der Waals surface area contributed by atoms with Crippen LogP contribution in [0.15, 0.2) is 18.2 Å². The third-order valence-electron chi connectivity index (χ3n) is 3.15. The first-order valence-electron chi connectivity index (χ1n) is 6.79. The van der Waals surface area contributed by atoms with E-state index in [4.69, 9.17) is 16.3 Å². The number of carbonyl (C=O) groups is 1. The summed E-state index contributed by atoms with van der Waals surface area (Å²) in [6.45, 7) is 7.43. The number of nitrogens with zero attached hydrogens (tertiary/aromatic N) is 1. The molecule has 0 aromatic heterocycles. The topological polar surface area (TPSA) is 29.5 Å². The van der Waals surface area contributed by atoms with Crippen molar-refractivity contribution < 1.29 is 9.53 Å². The van der Waals surface area contributed by atoms with Crippen molar-refractivity contribution in [3.8, 4) is 5.75 Å². The molecule has 0 aliphatic heterocycles. The van der Waals surface area contributed by atoms with E-state index in [1.165, 1.54) is 0 Å². The fraction of sp³-hybridized carbons (Fsp3) is 0.533. The van der Waals surface area contributed by atoms with Gasteiger partial charge in [-0.15, -0.1) is 0 Å². The molecule has 0 bridgehead atoms. The maximum Gasteiger partial charge on any atom is 0.172 e. The third-order valence-corrected chi connectivity index (χ3v) is 4.39.